The Hall–Kier alpha value is -3.30. The minimum absolute atomic E-state index is 0.938. The summed E-state index contributed by atoms with van der Waals surface area (Å²) >= 11 is 0. The van der Waals surface area contributed by atoms with Crippen molar-refractivity contribution in [3.63, 3.8) is 0 Å². The van der Waals surface area contributed by atoms with E-state index in [9.17, 15) is 0 Å². The first-order valence-corrected chi connectivity index (χ1v) is 8.09. The van der Waals surface area contributed by atoms with Gasteiger partial charge in [-0.15, -0.1) is 6.42 Å². The Balaban J connectivity index is 2.00. The van der Waals surface area contributed by atoms with Crippen molar-refractivity contribution in [3.05, 3.63) is 84.4 Å². The third kappa shape index (κ3) is 1.70. The SMILES string of the molecule is C#Cc1ccccc1-c1ccc2ccc3cccc4ccc1c2c34. The average Bonchev–Trinajstić information content (AvgIpc) is 2.66. The topological polar surface area (TPSA) is 0 Å². The Morgan fingerprint density at radius 3 is 2.00 bits per heavy atom. The first-order valence-electron chi connectivity index (χ1n) is 8.09. The molecular weight excluding hydrogens is 288 g/mol. The van der Waals surface area contributed by atoms with Gasteiger partial charge in [-0.25, -0.2) is 0 Å². The molecule has 0 nitrogen and oxygen atoms in total. The fourth-order valence-electron chi connectivity index (χ4n) is 3.81. The van der Waals surface area contributed by atoms with E-state index in [1.54, 1.807) is 0 Å². The van der Waals surface area contributed by atoms with E-state index in [-0.39, 0.29) is 0 Å². The zero-order chi connectivity index (χ0) is 16.1. The van der Waals surface area contributed by atoms with Crippen LogP contribution in [0, 0.1) is 12.3 Å². The predicted molar refractivity (Wildman–Crippen MR) is 104 cm³/mol. The summed E-state index contributed by atoms with van der Waals surface area (Å²) in [5.41, 5.74) is 3.26. The molecule has 0 heteroatoms. The quantitative estimate of drug-likeness (QED) is 0.254. The molecular formula is C24H14. The van der Waals surface area contributed by atoms with Gasteiger partial charge in [0.2, 0.25) is 0 Å². The fourth-order valence-corrected chi connectivity index (χ4v) is 3.81. The molecule has 5 rings (SSSR count). The van der Waals surface area contributed by atoms with E-state index in [0.717, 1.165) is 11.1 Å². The molecule has 0 N–H and O–H groups in total. The third-order valence-electron chi connectivity index (χ3n) is 4.90. The number of terminal acetylenes is 1. The Morgan fingerprint density at radius 1 is 0.542 bits per heavy atom. The van der Waals surface area contributed by atoms with Gasteiger partial charge in [-0.3, -0.25) is 0 Å². The first-order chi connectivity index (χ1) is 11.9. The van der Waals surface area contributed by atoms with Crippen molar-refractivity contribution in [2.45, 2.75) is 0 Å². The van der Waals surface area contributed by atoms with E-state index in [4.69, 9.17) is 6.42 Å². The number of benzene rings is 5. The molecule has 0 aliphatic carbocycles. The van der Waals surface area contributed by atoms with E-state index in [0.29, 0.717) is 0 Å². The maximum absolute atomic E-state index is 5.73. The molecule has 0 unspecified atom stereocenters. The molecule has 24 heavy (non-hydrogen) atoms. The molecule has 0 aromatic heterocycles. The molecule has 0 amide bonds. The Kier molecular flexibility index (Phi) is 2.66. The summed E-state index contributed by atoms with van der Waals surface area (Å²) < 4.78 is 0. The van der Waals surface area contributed by atoms with Crippen LogP contribution >= 0.6 is 0 Å². The molecule has 0 radical (unpaired) electrons. The van der Waals surface area contributed by atoms with E-state index < -0.39 is 0 Å². The van der Waals surface area contributed by atoms with Gasteiger partial charge in [-0.1, -0.05) is 78.7 Å². The molecule has 0 bridgehead atoms. The van der Waals surface area contributed by atoms with Gasteiger partial charge in [0.05, 0.1) is 0 Å². The van der Waals surface area contributed by atoms with Gasteiger partial charge < -0.3 is 0 Å². The molecule has 0 aliphatic heterocycles. The smallest absolute Gasteiger partial charge is 0.0321 e. The summed E-state index contributed by atoms with van der Waals surface area (Å²) in [4.78, 5) is 0. The molecule has 5 aromatic rings. The van der Waals surface area contributed by atoms with Crippen LogP contribution in [0.15, 0.2) is 78.9 Å². The van der Waals surface area contributed by atoms with Gasteiger partial charge in [-0.05, 0) is 49.5 Å². The summed E-state index contributed by atoms with van der Waals surface area (Å²) in [7, 11) is 0. The number of hydrogen-bond donors (Lipinski definition) is 0. The highest BCUT2D eigenvalue weighted by Gasteiger charge is 2.12. The van der Waals surface area contributed by atoms with E-state index in [1.807, 2.05) is 18.2 Å². The second-order valence-corrected chi connectivity index (χ2v) is 6.16. The van der Waals surface area contributed by atoms with Crippen molar-refractivity contribution in [2.24, 2.45) is 0 Å². The van der Waals surface area contributed by atoms with Crippen LogP contribution in [-0.4, -0.2) is 0 Å². The van der Waals surface area contributed by atoms with E-state index in [2.05, 4.69) is 66.6 Å². The summed E-state index contributed by atoms with van der Waals surface area (Å²) in [6, 6.07) is 27.9. The minimum Gasteiger partial charge on any atom is -0.115 e. The van der Waals surface area contributed by atoms with Gasteiger partial charge in [-0.2, -0.15) is 0 Å². The van der Waals surface area contributed by atoms with Crippen molar-refractivity contribution in [2.75, 3.05) is 0 Å². The average molecular weight is 302 g/mol. The first kappa shape index (κ1) is 13.2. The number of hydrogen-bond acceptors (Lipinski definition) is 0. The lowest BCUT2D eigenvalue weighted by atomic mass is 9.89. The zero-order valence-electron chi connectivity index (χ0n) is 13.1. The summed E-state index contributed by atoms with van der Waals surface area (Å²) in [6.45, 7) is 0. The minimum atomic E-state index is 0.938. The second-order valence-electron chi connectivity index (χ2n) is 6.16. The molecule has 0 fully saturated rings. The third-order valence-corrected chi connectivity index (χ3v) is 4.90. The van der Waals surface area contributed by atoms with Crippen LogP contribution in [-0.2, 0) is 0 Å². The Morgan fingerprint density at radius 2 is 1.21 bits per heavy atom. The van der Waals surface area contributed by atoms with Crippen molar-refractivity contribution in [1.29, 1.82) is 0 Å². The Labute approximate surface area is 140 Å². The van der Waals surface area contributed by atoms with Gasteiger partial charge in [0.1, 0.15) is 0 Å². The van der Waals surface area contributed by atoms with Crippen LogP contribution in [0.4, 0.5) is 0 Å². The van der Waals surface area contributed by atoms with Crippen LogP contribution in [0.2, 0.25) is 0 Å². The van der Waals surface area contributed by atoms with Crippen molar-refractivity contribution < 1.29 is 0 Å². The normalized spacial score (nSPS) is 11.3. The van der Waals surface area contributed by atoms with Crippen LogP contribution in [0.25, 0.3) is 43.4 Å². The van der Waals surface area contributed by atoms with Crippen LogP contribution in [0.1, 0.15) is 5.56 Å². The molecule has 0 saturated carbocycles. The second kappa shape index (κ2) is 4.85. The molecule has 110 valence electrons. The summed E-state index contributed by atoms with van der Waals surface area (Å²) in [6.07, 6.45) is 5.73. The fraction of sp³-hybridized carbons (Fsp3) is 0. The highest BCUT2D eigenvalue weighted by Crippen LogP contribution is 2.39. The van der Waals surface area contributed by atoms with Crippen LogP contribution in [0.5, 0.6) is 0 Å². The maximum atomic E-state index is 5.73. The van der Waals surface area contributed by atoms with E-state index >= 15 is 0 Å². The monoisotopic (exact) mass is 302 g/mol. The molecule has 0 heterocycles. The lowest BCUT2D eigenvalue weighted by Crippen LogP contribution is -1.89. The van der Waals surface area contributed by atoms with Crippen LogP contribution in [0.3, 0.4) is 0 Å². The number of rotatable bonds is 1. The standard InChI is InChI=1S/C24H14/c1-2-16-6-3-4-9-20(16)21-14-12-19-11-10-17-7-5-8-18-13-15-22(21)24(19)23(17)18/h1,3-15H. The van der Waals surface area contributed by atoms with Gasteiger partial charge in [0, 0.05) is 5.56 Å². The Bertz CT molecular complexity index is 1240. The van der Waals surface area contributed by atoms with Crippen molar-refractivity contribution >= 4 is 32.3 Å². The lowest BCUT2D eigenvalue weighted by Gasteiger charge is -2.14. The van der Waals surface area contributed by atoms with Crippen molar-refractivity contribution in [3.8, 4) is 23.5 Å². The summed E-state index contributed by atoms with van der Waals surface area (Å²) in [5, 5.41) is 7.78. The lowest BCUT2D eigenvalue weighted by molar-refractivity contribution is 1.62. The molecule has 0 aliphatic rings. The van der Waals surface area contributed by atoms with Gasteiger partial charge >= 0.3 is 0 Å². The largest absolute Gasteiger partial charge is 0.115 e. The molecule has 5 aromatic carbocycles. The van der Waals surface area contributed by atoms with Crippen molar-refractivity contribution in [1.82, 2.24) is 0 Å². The molecule has 0 spiro atoms. The zero-order valence-corrected chi connectivity index (χ0v) is 13.1. The van der Waals surface area contributed by atoms with Gasteiger partial charge in [0.25, 0.3) is 0 Å². The van der Waals surface area contributed by atoms with E-state index in [1.165, 1.54) is 37.9 Å². The molecule has 0 atom stereocenters. The summed E-state index contributed by atoms with van der Waals surface area (Å²) in [5.74, 6) is 2.82. The predicted octanol–water partition coefficient (Wildman–Crippen LogP) is 6.23. The van der Waals surface area contributed by atoms with Crippen LogP contribution < -0.4 is 0 Å². The van der Waals surface area contributed by atoms with Gasteiger partial charge in [0.15, 0.2) is 0 Å². The highest BCUT2D eigenvalue weighted by atomic mass is 14.2. The maximum Gasteiger partial charge on any atom is 0.0321 e. The molecule has 0 saturated heterocycles. The highest BCUT2D eigenvalue weighted by molar-refractivity contribution is 6.25.